The van der Waals surface area contributed by atoms with E-state index in [9.17, 15) is 0 Å². The number of ether oxygens (including phenoxy) is 1. The van der Waals surface area contributed by atoms with Crippen LogP contribution in [0.15, 0.2) is 12.4 Å². The van der Waals surface area contributed by atoms with Gasteiger partial charge in [-0.25, -0.2) is 4.98 Å². The van der Waals surface area contributed by atoms with Crippen molar-refractivity contribution in [2.75, 3.05) is 13.7 Å². The molecule has 12 heavy (non-hydrogen) atoms. The SMILES string of the molecule is COCCn1ccnc1CN.Cl. The zero-order valence-electron chi connectivity index (χ0n) is 7.06. The highest BCUT2D eigenvalue weighted by atomic mass is 35.5. The summed E-state index contributed by atoms with van der Waals surface area (Å²) in [5.41, 5.74) is 5.44. The Balaban J connectivity index is 0.00000121. The molecule has 1 heterocycles. The molecule has 0 saturated heterocycles. The molecule has 1 aromatic heterocycles. The molecule has 4 nitrogen and oxygen atoms in total. The molecule has 0 aromatic carbocycles. The zero-order chi connectivity index (χ0) is 8.10. The van der Waals surface area contributed by atoms with Crippen LogP contribution in [0.2, 0.25) is 0 Å². The second-order valence-corrected chi connectivity index (χ2v) is 2.23. The lowest BCUT2D eigenvalue weighted by Crippen LogP contribution is -2.10. The van der Waals surface area contributed by atoms with Crippen molar-refractivity contribution in [2.45, 2.75) is 13.1 Å². The van der Waals surface area contributed by atoms with E-state index in [-0.39, 0.29) is 12.4 Å². The van der Waals surface area contributed by atoms with Gasteiger partial charge < -0.3 is 15.0 Å². The molecule has 1 aromatic rings. The van der Waals surface area contributed by atoms with Crippen molar-refractivity contribution in [3.63, 3.8) is 0 Å². The van der Waals surface area contributed by atoms with Crippen LogP contribution in [0.4, 0.5) is 0 Å². The van der Waals surface area contributed by atoms with Crippen LogP contribution >= 0.6 is 12.4 Å². The third-order valence-corrected chi connectivity index (χ3v) is 1.52. The highest BCUT2D eigenvalue weighted by Gasteiger charge is 1.97. The lowest BCUT2D eigenvalue weighted by Gasteiger charge is -2.03. The highest BCUT2D eigenvalue weighted by Crippen LogP contribution is 1.95. The van der Waals surface area contributed by atoms with E-state index in [1.807, 2.05) is 10.8 Å². The molecule has 70 valence electrons. The van der Waals surface area contributed by atoms with Crippen molar-refractivity contribution < 1.29 is 4.74 Å². The Morgan fingerprint density at radius 2 is 2.42 bits per heavy atom. The molecule has 0 atom stereocenters. The minimum absolute atomic E-state index is 0. The molecule has 5 heteroatoms. The molecule has 0 aliphatic carbocycles. The number of rotatable bonds is 4. The first-order valence-corrected chi connectivity index (χ1v) is 3.57. The largest absolute Gasteiger partial charge is 0.383 e. The van der Waals surface area contributed by atoms with Gasteiger partial charge in [-0.2, -0.15) is 0 Å². The van der Waals surface area contributed by atoms with Crippen LogP contribution in [0, 0.1) is 0 Å². The fourth-order valence-electron chi connectivity index (χ4n) is 0.923. The molecule has 0 saturated carbocycles. The van der Waals surface area contributed by atoms with Crippen molar-refractivity contribution in [1.29, 1.82) is 0 Å². The third kappa shape index (κ3) is 2.81. The summed E-state index contributed by atoms with van der Waals surface area (Å²) in [6.07, 6.45) is 3.65. The van der Waals surface area contributed by atoms with Gasteiger partial charge in [0.25, 0.3) is 0 Å². The maximum atomic E-state index is 5.44. The topological polar surface area (TPSA) is 53.1 Å². The molecule has 0 bridgehead atoms. The molecule has 0 fully saturated rings. The van der Waals surface area contributed by atoms with E-state index in [1.165, 1.54) is 0 Å². The Labute approximate surface area is 78.1 Å². The van der Waals surface area contributed by atoms with E-state index in [1.54, 1.807) is 13.3 Å². The third-order valence-electron chi connectivity index (χ3n) is 1.52. The van der Waals surface area contributed by atoms with Crippen LogP contribution in [0.25, 0.3) is 0 Å². The van der Waals surface area contributed by atoms with Gasteiger partial charge in [0.2, 0.25) is 0 Å². The van der Waals surface area contributed by atoms with Gasteiger partial charge in [0.1, 0.15) is 5.82 Å². The van der Waals surface area contributed by atoms with Gasteiger partial charge in [0, 0.05) is 26.0 Å². The van der Waals surface area contributed by atoms with E-state index in [4.69, 9.17) is 10.5 Å². The van der Waals surface area contributed by atoms with E-state index < -0.39 is 0 Å². The van der Waals surface area contributed by atoms with Crippen molar-refractivity contribution in [3.05, 3.63) is 18.2 Å². The second kappa shape index (κ2) is 5.99. The number of imidazole rings is 1. The maximum Gasteiger partial charge on any atom is 0.122 e. The molecule has 0 unspecified atom stereocenters. The summed E-state index contributed by atoms with van der Waals surface area (Å²) in [7, 11) is 1.68. The predicted molar refractivity (Wildman–Crippen MR) is 49.2 cm³/mol. The number of nitrogens with zero attached hydrogens (tertiary/aromatic N) is 2. The number of hydrogen-bond acceptors (Lipinski definition) is 3. The summed E-state index contributed by atoms with van der Waals surface area (Å²) >= 11 is 0. The lowest BCUT2D eigenvalue weighted by atomic mass is 10.5. The van der Waals surface area contributed by atoms with Crippen LogP contribution < -0.4 is 5.73 Å². The van der Waals surface area contributed by atoms with Gasteiger partial charge in [-0.1, -0.05) is 0 Å². The molecule has 0 amide bonds. The van der Waals surface area contributed by atoms with Gasteiger partial charge in [0.05, 0.1) is 13.2 Å². The van der Waals surface area contributed by atoms with Crippen molar-refractivity contribution in [1.82, 2.24) is 9.55 Å². The van der Waals surface area contributed by atoms with Crippen molar-refractivity contribution in [2.24, 2.45) is 5.73 Å². The average molecular weight is 192 g/mol. The van der Waals surface area contributed by atoms with Crippen LogP contribution in [0.1, 0.15) is 5.82 Å². The van der Waals surface area contributed by atoms with Gasteiger partial charge in [-0.15, -0.1) is 12.4 Å². The first-order valence-electron chi connectivity index (χ1n) is 3.57. The zero-order valence-corrected chi connectivity index (χ0v) is 7.88. The number of methoxy groups -OCH3 is 1. The normalized spacial score (nSPS) is 9.50. The first-order chi connectivity index (χ1) is 5.38. The lowest BCUT2D eigenvalue weighted by molar-refractivity contribution is 0.186. The number of hydrogen-bond donors (Lipinski definition) is 1. The Kier molecular flexibility index (Phi) is 5.70. The highest BCUT2D eigenvalue weighted by molar-refractivity contribution is 5.85. The Bertz CT molecular complexity index is 214. The second-order valence-electron chi connectivity index (χ2n) is 2.23. The monoisotopic (exact) mass is 191 g/mol. The number of nitrogens with two attached hydrogens (primary N) is 1. The molecule has 0 spiro atoms. The average Bonchev–Trinajstić information content (AvgIpc) is 2.47. The standard InChI is InChI=1S/C7H13N3O.ClH/c1-11-5-4-10-3-2-9-7(10)6-8;/h2-3H,4-6,8H2,1H3;1H. The summed E-state index contributed by atoms with van der Waals surface area (Å²) in [5.74, 6) is 0.905. The van der Waals surface area contributed by atoms with Gasteiger partial charge in [-0.3, -0.25) is 0 Å². The molecular weight excluding hydrogens is 178 g/mol. The smallest absolute Gasteiger partial charge is 0.122 e. The Morgan fingerprint density at radius 3 is 3.00 bits per heavy atom. The number of halogens is 1. The summed E-state index contributed by atoms with van der Waals surface area (Å²) in [6, 6.07) is 0. The Morgan fingerprint density at radius 1 is 1.67 bits per heavy atom. The van der Waals surface area contributed by atoms with Gasteiger partial charge in [0.15, 0.2) is 0 Å². The van der Waals surface area contributed by atoms with E-state index in [0.717, 1.165) is 12.4 Å². The van der Waals surface area contributed by atoms with Crippen LogP contribution in [0.3, 0.4) is 0 Å². The minimum Gasteiger partial charge on any atom is -0.383 e. The van der Waals surface area contributed by atoms with Crippen molar-refractivity contribution >= 4 is 12.4 Å². The number of aromatic nitrogens is 2. The molecule has 2 N–H and O–H groups in total. The quantitative estimate of drug-likeness (QED) is 0.750. The summed E-state index contributed by atoms with van der Waals surface area (Å²) in [5, 5.41) is 0. The van der Waals surface area contributed by atoms with Crippen molar-refractivity contribution in [3.8, 4) is 0 Å². The maximum absolute atomic E-state index is 5.44. The van der Waals surface area contributed by atoms with E-state index >= 15 is 0 Å². The fraction of sp³-hybridized carbons (Fsp3) is 0.571. The Hall–Kier alpha value is -0.580. The van der Waals surface area contributed by atoms with Crippen LogP contribution in [-0.2, 0) is 17.8 Å². The molecule has 1 rings (SSSR count). The van der Waals surface area contributed by atoms with E-state index in [2.05, 4.69) is 4.98 Å². The summed E-state index contributed by atoms with van der Waals surface area (Å²) < 4.78 is 6.91. The first kappa shape index (κ1) is 11.4. The summed E-state index contributed by atoms with van der Waals surface area (Å²) in [4.78, 5) is 4.07. The van der Waals surface area contributed by atoms with Gasteiger partial charge in [-0.05, 0) is 0 Å². The van der Waals surface area contributed by atoms with Crippen LogP contribution in [0.5, 0.6) is 0 Å². The van der Waals surface area contributed by atoms with Gasteiger partial charge >= 0.3 is 0 Å². The van der Waals surface area contributed by atoms with E-state index in [0.29, 0.717) is 13.2 Å². The van der Waals surface area contributed by atoms with Crippen LogP contribution in [-0.4, -0.2) is 23.3 Å². The molecule has 0 aliphatic rings. The summed E-state index contributed by atoms with van der Waals surface area (Å²) in [6.45, 7) is 2.00. The molecular formula is C7H14ClN3O. The fourth-order valence-corrected chi connectivity index (χ4v) is 0.923. The molecule has 0 aliphatic heterocycles. The molecule has 0 radical (unpaired) electrons. The predicted octanol–water partition coefficient (Wildman–Crippen LogP) is 0.410. The minimum atomic E-state index is 0.